The lowest BCUT2D eigenvalue weighted by molar-refractivity contribution is -0.118. The molecule has 4 rings (SSSR count). The van der Waals surface area contributed by atoms with E-state index in [9.17, 15) is 9.59 Å². The molecule has 2 N–H and O–H groups in total. The van der Waals surface area contributed by atoms with Gasteiger partial charge in [-0.05, 0) is 30.2 Å². The number of morpholine rings is 1. The van der Waals surface area contributed by atoms with Gasteiger partial charge in [-0.15, -0.1) is 0 Å². The number of carbonyl (C=O) groups is 2. The van der Waals surface area contributed by atoms with Gasteiger partial charge >= 0.3 is 0 Å². The van der Waals surface area contributed by atoms with Crippen molar-refractivity contribution in [3.63, 3.8) is 0 Å². The Bertz CT molecular complexity index is 1040. The molecule has 1 fully saturated rings. The minimum atomic E-state index is -0.581. The van der Waals surface area contributed by atoms with Gasteiger partial charge in [0.25, 0.3) is 5.91 Å². The topological polar surface area (TPSA) is 96.7 Å². The van der Waals surface area contributed by atoms with Crippen molar-refractivity contribution < 1.29 is 18.8 Å². The molecule has 2 aromatic carbocycles. The molecule has 166 valence electrons. The smallest absolute Gasteiger partial charge is 0.254 e. The van der Waals surface area contributed by atoms with E-state index in [1.807, 2.05) is 54.6 Å². The van der Waals surface area contributed by atoms with Crippen molar-refractivity contribution in [3.05, 3.63) is 83.1 Å². The van der Waals surface area contributed by atoms with Crippen LogP contribution >= 0.6 is 0 Å². The number of amides is 2. The van der Waals surface area contributed by atoms with Gasteiger partial charge in [-0.25, -0.2) is 0 Å². The minimum Gasteiger partial charge on any atom is -0.378 e. The Morgan fingerprint density at radius 1 is 1.06 bits per heavy atom. The molecular formula is C24H26N4O4. The monoisotopic (exact) mass is 434 g/mol. The summed E-state index contributed by atoms with van der Waals surface area (Å²) in [5.74, 6) is 0.776. The number of benzene rings is 2. The highest BCUT2D eigenvalue weighted by molar-refractivity contribution is 5.95. The summed E-state index contributed by atoms with van der Waals surface area (Å²) in [5.41, 5.74) is 2.45. The number of ether oxygens (including phenoxy) is 1. The van der Waals surface area contributed by atoms with Crippen molar-refractivity contribution in [2.45, 2.75) is 19.5 Å². The quantitative estimate of drug-likeness (QED) is 0.594. The first-order valence-electron chi connectivity index (χ1n) is 10.6. The predicted molar refractivity (Wildman–Crippen MR) is 119 cm³/mol. The highest BCUT2D eigenvalue weighted by Gasteiger charge is 2.22. The van der Waals surface area contributed by atoms with Crippen LogP contribution in [0.2, 0.25) is 0 Å². The van der Waals surface area contributed by atoms with Crippen LogP contribution in [0, 0.1) is 6.92 Å². The standard InChI is InChI=1S/C24H26N4O4/c1-17-15-21(27-32-17)26-23(29)22(19-5-3-2-4-6-19)25-16-18-7-9-20(10-8-18)24(30)28-11-13-31-14-12-28/h2-10,15,22,25H,11-14,16H2,1H3,(H,26,27,29). The second-order valence-corrected chi connectivity index (χ2v) is 7.64. The van der Waals surface area contributed by atoms with Gasteiger partial charge in [-0.1, -0.05) is 47.6 Å². The number of carbonyl (C=O) groups excluding carboxylic acids is 2. The molecule has 0 bridgehead atoms. The van der Waals surface area contributed by atoms with Gasteiger partial charge < -0.3 is 19.5 Å². The lowest BCUT2D eigenvalue weighted by Crippen LogP contribution is -2.40. The minimum absolute atomic E-state index is 0.0113. The van der Waals surface area contributed by atoms with Crippen LogP contribution in [0.4, 0.5) is 5.82 Å². The summed E-state index contributed by atoms with van der Waals surface area (Å²) >= 11 is 0. The van der Waals surface area contributed by atoms with Crippen LogP contribution in [-0.4, -0.2) is 48.2 Å². The molecule has 0 aliphatic carbocycles. The molecule has 0 saturated carbocycles. The maximum atomic E-state index is 12.9. The number of aryl methyl sites for hydroxylation is 1. The van der Waals surface area contributed by atoms with Gasteiger partial charge in [0.1, 0.15) is 11.8 Å². The number of hydrogen-bond donors (Lipinski definition) is 2. The molecule has 1 unspecified atom stereocenters. The van der Waals surface area contributed by atoms with Crippen molar-refractivity contribution in [1.29, 1.82) is 0 Å². The molecular weight excluding hydrogens is 408 g/mol. The van der Waals surface area contributed by atoms with Crippen LogP contribution < -0.4 is 10.6 Å². The molecule has 1 aliphatic rings. The maximum absolute atomic E-state index is 12.9. The average Bonchev–Trinajstić information content (AvgIpc) is 3.24. The highest BCUT2D eigenvalue weighted by atomic mass is 16.5. The van der Waals surface area contributed by atoms with E-state index in [0.29, 0.717) is 50.0 Å². The second-order valence-electron chi connectivity index (χ2n) is 7.64. The number of rotatable bonds is 7. The van der Waals surface area contributed by atoms with E-state index in [1.165, 1.54) is 0 Å². The van der Waals surface area contributed by atoms with E-state index >= 15 is 0 Å². The van der Waals surface area contributed by atoms with Gasteiger partial charge in [-0.2, -0.15) is 0 Å². The maximum Gasteiger partial charge on any atom is 0.254 e. The summed E-state index contributed by atoms with van der Waals surface area (Å²) in [6, 6.07) is 18.0. The van der Waals surface area contributed by atoms with Crippen LogP contribution in [0.25, 0.3) is 0 Å². The normalized spacial score (nSPS) is 14.7. The van der Waals surface area contributed by atoms with E-state index in [1.54, 1.807) is 17.9 Å². The van der Waals surface area contributed by atoms with Gasteiger partial charge in [0.05, 0.1) is 13.2 Å². The van der Waals surface area contributed by atoms with Crippen molar-refractivity contribution in [1.82, 2.24) is 15.4 Å². The van der Waals surface area contributed by atoms with Gasteiger partial charge in [0.15, 0.2) is 5.82 Å². The molecule has 8 heteroatoms. The third-order valence-corrected chi connectivity index (χ3v) is 5.28. The molecule has 1 aromatic heterocycles. The van der Waals surface area contributed by atoms with Gasteiger partial charge in [0.2, 0.25) is 5.91 Å². The van der Waals surface area contributed by atoms with E-state index in [-0.39, 0.29) is 11.8 Å². The van der Waals surface area contributed by atoms with Gasteiger partial charge in [0, 0.05) is 31.3 Å². The zero-order valence-electron chi connectivity index (χ0n) is 17.9. The van der Waals surface area contributed by atoms with E-state index in [0.717, 1.165) is 11.1 Å². The number of nitrogens with zero attached hydrogens (tertiary/aromatic N) is 2. The fourth-order valence-corrected chi connectivity index (χ4v) is 3.57. The van der Waals surface area contributed by atoms with Crippen molar-refractivity contribution in [2.24, 2.45) is 0 Å². The van der Waals surface area contributed by atoms with Crippen LogP contribution in [0.5, 0.6) is 0 Å². The molecule has 8 nitrogen and oxygen atoms in total. The lowest BCUT2D eigenvalue weighted by Gasteiger charge is -2.26. The van der Waals surface area contributed by atoms with E-state index in [2.05, 4.69) is 15.8 Å². The van der Waals surface area contributed by atoms with Crippen LogP contribution in [0.15, 0.2) is 65.2 Å². The Morgan fingerprint density at radius 2 is 1.78 bits per heavy atom. The Labute approximate surface area is 186 Å². The Hall–Kier alpha value is -3.49. The predicted octanol–water partition coefficient (Wildman–Crippen LogP) is 2.93. The molecule has 3 aromatic rings. The summed E-state index contributed by atoms with van der Waals surface area (Å²) in [5, 5.41) is 9.94. The zero-order valence-corrected chi connectivity index (χ0v) is 17.9. The lowest BCUT2D eigenvalue weighted by atomic mass is 10.0. The molecule has 0 radical (unpaired) electrons. The summed E-state index contributed by atoms with van der Waals surface area (Å²) < 4.78 is 10.3. The highest BCUT2D eigenvalue weighted by Crippen LogP contribution is 2.18. The number of anilines is 1. The van der Waals surface area contributed by atoms with E-state index in [4.69, 9.17) is 9.26 Å². The zero-order chi connectivity index (χ0) is 22.3. The molecule has 1 atom stereocenters. The fourth-order valence-electron chi connectivity index (χ4n) is 3.57. The third kappa shape index (κ3) is 5.40. The SMILES string of the molecule is Cc1cc(NC(=O)C(NCc2ccc(C(=O)N3CCOCC3)cc2)c2ccccc2)no1. The summed E-state index contributed by atoms with van der Waals surface area (Å²) in [7, 11) is 0. The number of nitrogens with one attached hydrogen (secondary N) is 2. The summed E-state index contributed by atoms with van der Waals surface area (Å²) in [6.07, 6.45) is 0. The molecule has 2 heterocycles. The largest absolute Gasteiger partial charge is 0.378 e. The van der Waals surface area contributed by atoms with Crippen LogP contribution in [-0.2, 0) is 16.1 Å². The second kappa shape index (κ2) is 10.2. The molecule has 0 spiro atoms. The first-order valence-corrected chi connectivity index (χ1v) is 10.6. The van der Waals surface area contributed by atoms with Gasteiger partial charge in [-0.3, -0.25) is 14.9 Å². The number of hydrogen-bond acceptors (Lipinski definition) is 6. The fraction of sp³-hybridized carbons (Fsp3) is 0.292. The molecule has 1 saturated heterocycles. The molecule has 2 amide bonds. The Kier molecular flexibility index (Phi) is 6.94. The summed E-state index contributed by atoms with van der Waals surface area (Å²) in [6.45, 7) is 4.59. The molecule has 32 heavy (non-hydrogen) atoms. The Balaban J connectivity index is 1.42. The first-order chi connectivity index (χ1) is 15.6. The average molecular weight is 434 g/mol. The number of aromatic nitrogens is 1. The Morgan fingerprint density at radius 3 is 2.44 bits per heavy atom. The molecule has 1 aliphatic heterocycles. The van der Waals surface area contributed by atoms with Crippen molar-refractivity contribution >= 4 is 17.6 Å². The van der Waals surface area contributed by atoms with Crippen LogP contribution in [0.1, 0.15) is 33.3 Å². The van der Waals surface area contributed by atoms with E-state index < -0.39 is 6.04 Å². The van der Waals surface area contributed by atoms with Crippen LogP contribution in [0.3, 0.4) is 0 Å². The summed E-state index contributed by atoms with van der Waals surface area (Å²) in [4.78, 5) is 27.4. The van der Waals surface area contributed by atoms with Crippen molar-refractivity contribution in [3.8, 4) is 0 Å². The third-order valence-electron chi connectivity index (χ3n) is 5.28. The first kappa shape index (κ1) is 21.7. The van der Waals surface area contributed by atoms with Crippen molar-refractivity contribution in [2.75, 3.05) is 31.6 Å².